The highest BCUT2D eigenvalue weighted by atomic mass is 16.3. The Kier molecular flexibility index (Phi) is 3.84. The van der Waals surface area contributed by atoms with Crippen LogP contribution < -0.4 is 0 Å². The van der Waals surface area contributed by atoms with Gasteiger partial charge < -0.3 is 5.11 Å². The summed E-state index contributed by atoms with van der Waals surface area (Å²) in [6.45, 7) is 0. The second-order valence-corrected chi connectivity index (χ2v) is 5.19. The van der Waals surface area contributed by atoms with Gasteiger partial charge in [-0.3, -0.25) is 4.68 Å². The van der Waals surface area contributed by atoms with Crippen molar-refractivity contribution in [3.05, 3.63) is 89.7 Å². The van der Waals surface area contributed by atoms with Crippen LogP contribution in [0.4, 0.5) is 0 Å². The molecular weight excluding hydrogens is 260 g/mol. The van der Waals surface area contributed by atoms with Crippen molar-refractivity contribution in [1.29, 1.82) is 0 Å². The van der Waals surface area contributed by atoms with Gasteiger partial charge in [-0.25, -0.2) is 0 Å². The van der Waals surface area contributed by atoms with Gasteiger partial charge in [0.05, 0.1) is 12.3 Å². The maximum atomic E-state index is 10.8. The molecule has 21 heavy (non-hydrogen) atoms. The summed E-state index contributed by atoms with van der Waals surface area (Å²) in [5.74, 6) is -0.100. The van der Waals surface area contributed by atoms with Crippen LogP contribution in [0.2, 0.25) is 0 Å². The molecule has 0 aliphatic rings. The van der Waals surface area contributed by atoms with Crippen LogP contribution in [0, 0.1) is 0 Å². The Morgan fingerprint density at radius 1 is 0.857 bits per heavy atom. The fraction of sp³-hybridized carbons (Fsp3) is 0.167. The number of hydrogen-bond donors (Lipinski definition) is 1. The average Bonchev–Trinajstić information content (AvgIpc) is 2.96. The summed E-state index contributed by atoms with van der Waals surface area (Å²) in [4.78, 5) is 0. The lowest BCUT2D eigenvalue weighted by Gasteiger charge is -2.23. The van der Waals surface area contributed by atoms with Crippen molar-refractivity contribution in [3.63, 3.8) is 0 Å². The van der Waals surface area contributed by atoms with Gasteiger partial charge in [0.2, 0.25) is 0 Å². The lowest BCUT2D eigenvalue weighted by atomic mass is 9.84. The molecule has 1 N–H and O–H groups in total. The summed E-state index contributed by atoms with van der Waals surface area (Å²) in [5.41, 5.74) is 3.02. The third-order valence-corrected chi connectivity index (χ3v) is 3.70. The molecule has 0 fully saturated rings. The summed E-state index contributed by atoms with van der Waals surface area (Å²) in [5, 5.41) is 15.0. The predicted molar refractivity (Wildman–Crippen MR) is 82.9 cm³/mol. The Bertz CT molecular complexity index is 652. The number of hydrogen-bond acceptors (Lipinski definition) is 2. The third-order valence-electron chi connectivity index (χ3n) is 3.70. The minimum atomic E-state index is -0.622. The Labute approximate surface area is 124 Å². The van der Waals surface area contributed by atoms with E-state index < -0.39 is 6.10 Å². The van der Waals surface area contributed by atoms with Gasteiger partial charge in [-0.05, 0) is 11.1 Å². The minimum Gasteiger partial charge on any atom is -0.387 e. The van der Waals surface area contributed by atoms with Crippen molar-refractivity contribution in [3.8, 4) is 0 Å². The van der Waals surface area contributed by atoms with Gasteiger partial charge in [-0.2, -0.15) is 5.10 Å². The second kappa shape index (κ2) is 5.94. The van der Waals surface area contributed by atoms with E-state index in [0.717, 1.165) is 16.7 Å². The van der Waals surface area contributed by atoms with Crippen LogP contribution in [-0.4, -0.2) is 14.9 Å². The van der Waals surface area contributed by atoms with E-state index in [2.05, 4.69) is 29.4 Å². The van der Waals surface area contributed by atoms with Crippen LogP contribution in [0.3, 0.4) is 0 Å². The predicted octanol–water partition coefficient (Wildman–Crippen LogP) is 3.29. The first kappa shape index (κ1) is 13.6. The van der Waals surface area contributed by atoms with Crippen LogP contribution in [0.15, 0.2) is 73.1 Å². The number of rotatable bonds is 4. The van der Waals surface area contributed by atoms with E-state index in [9.17, 15) is 5.11 Å². The van der Waals surface area contributed by atoms with Gasteiger partial charge in [0.25, 0.3) is 0 Å². The molecule has 3 nitrogen and oxygen atoms in total. The molecule has 3 rings (SSSR count). The molecule has 3 aromatic rings. The molecule has 1 unspecified atom stereocenters. The molecule has 2 aromatic carbocycles. The van der Waals surface area contributed by atoms with Gasteiger partial charge in [0.1, 0.15) is 0 Å². The molecule has 106 valence electrons. The first-order valence-electron chi connectivity index (χ1n) is 7.02. The van der Waals surface area contributed by atoms with E-state index in [4.69, 9.17) is 0 Å². The normalized spacial score (nSPS) is 12.5. The van der Waals surface area contributed by atoms with E-state index >= 15 is 0 Å². The van der Waals surface area contributed by atoms with E-state index in [1.54, 1.807) is 10.9 Å². The molecule has 0 radical (unpaired) electrons. The maximum Gasteiger partial charge on any atom is 0.0929 e. The van der Waals surface area contributed by atoms with Crippen LogP contribution >= 0.6 is 0 Å². The second-order valence-electron chi connectivity index (χ2n) is 5.19. The first-order valence-corrected chi connectivity index (χ1v) is 7.02. The smallest absolute Gasteiger partial charge is 0.0929 e. The third kappa shape index (κ3) is 2.88. The fourth-order valence-electron chi connectivity index (χ4n) is 2.66. The van der Waals surface area contributed by atoms with Crippen LogP contribution in [0.25, 0.3) is 0 Å². The molecule has 0 saturated carbocycles. The van der Waals surface area contributed by atoms with Gasteiger partial charge >= 0.3 is 0 Å². The standard InChI is InChI=1S/C18H18N2O/c1-20-13-16(12-19-20)18(21)17(14-8-4-2-5-9-14)15-10-6-3-7-11-15/h2-13,17-18,21H,1H3. The molecule has 0 bridgehead atoms. The number of aryl methyl sites for hydroxylation is 1. The number of nitrogens with zero attached hydrogens (tertiary/aromatic N) is 2. The van der Waals surface area contributed by atoms with Gasteiger partial charge in [-0.15, -0.1) is 0 Å². The largest absolute Gasteiger partial charge is 0.387 e. The monoisotopic (exact) mass is 278 g/mol. The molecule has 3 heteroatoms. The maximum absolute atomic E-state index is 10.8. The quantitative estimate of drug-likeness (QED) is 0.795. The Hall–Kier alpha value is -2.39. The molecule has 0 saturated heterocycles. The summed E-state index contributed by atoms with van der Waals surface area (Å²) in [7, 11) is 1.86. The lowest BCUT2D eigenvalue weighted by molar-refractivity contribution is 0.159. The molecular formula is C18H18N2O. The number of aromatic nitrogens is 2. The van der Waals surface area contributed by atoms with E-state index in [0.29, 0.717) is 0 Å². The van der Waals surface area contributed by atoms with E-state index in [1.807, 2.05) is 49.6 Å². The van der Waals surface area contributed by atoms with Gasteiger partial charge in [0, 0.05) is 24.7 Å². The summed E-state index contributed by atoms with van der Waals surface area (Å²) in [6, 6.07) is 20.2. The number of benzene rings is 2. The van der Waals surface area contributed by atoms with Crippen molar-refractivity contribution < 1.29 is 5.11 Å². The Balaban J connectivity index is 2.04. The van der Waals surface area contributed by atoms with E-state index in [1.165, 1.54) is 0 Å². The summed E-state index contributed by atoms with van der Waals surface area (Å²) >= 11 is 0. The summed E-state index contributed by atoms with van der Waals surface area (Å²) < 4.78 is 1.71. The SMILES string of the molecule is Cn1cc(C(O)C(c2ccccc2)c2ccccc2)cn1. The molecule has 0 aliphatic heterocycles. The average molecular weight is 278 g/mol. The zero-order chi connectivity index (χ0) is 14.7. The van der Waals surface area contributed by atoms with Crippen molar-refractivity contribution in [2.24, 2.45) is 7.05 Å². The van der Waals surface area contributed by atoms with E-state index in [-0.39, 0.29) is 5.92 Å². The van der Waals surface area contributed by atoms with Crippen molar-refractivity contribution in [2.45, 2.75) is 12.0 Å². The molecule has 0 spiro atoms. The molecule has 1 heterocycles. The molecule has 0 amide bonds. The van der Waals surface area contributed by atoms with Crippen LogP contribution in [0.5, 0.6) is 0 Å². The minimum absolute atomic E-state index is 0.100. The van der Waals surface area contributed by atoms with Gasteiger partial charge in [-0.1, -0.05) is 60.7 Å². The molecule has 1 atom stereocenters. The Morgan fingerprint density at radius 2 is 1.38 bits per heavy atom. The highest BCUT2D eigenvalue weighted by molar-refractivity contribution is 5.36. The number of aliphatic hydroxyl groups excluding tert-OH is 1. The first-order chi connectivity index (χ1) is 10.3. The van der Waals surface area contributed by atoms with Crippen LogP contribution in [0.1, 0.15) is 28.7 Å². The van der Waals surface area contributed by atoms with Crippen LogP contribution in [-0.2, 0) is 7.05 Å². The molecule has 1 aromatic heterocycles. The van der Waals surface area contributed by atoms with Crippen molar-refractivity contribution >= 4 is 0 Å². The van der Waals surface area contributed by atoms with Crippen molar-refractivity contribution in [1.82, 2.24) is 9.78 Å². The number of aliphatic hydroxyl groups is 1. The zero-order valence-electron chi connectivity index (χ0n) is 11.9. The summed E-state index contributed by atoms with van der Waals surface area (Å²) in [6.07, 6.45) is 2.97. The highest BCUT2D eigenvalue weighted by Crippen LogP contribution is 2.36. The van der Waals surface area contributed by atoms with Crippen molar-refractivity contribution in [2.75, 3.05) is 0 Å². The molecule has 0 aliphatic carbocycles. The van der Waals surface area contributed by atoms with Gasteiger partial charge in [0.15, 0.2) is 0 Å². The zero-order valence-corrected chi connectivity index (χ0v) is 11.9. The Morgan fingerprint density at radius 3 is 1.81 bits per heavy atom. The fourth-order valence-corrected chi connectivity index (χ4v) is 2.66. The lowest BCUT2D eigenvalue weighted by Crippen LogP contribution is -2.12. The topological polar surface area (TPSA) is 38.0 Å². The highest BCUT2D eigenvalue weighted by Gasteiger charge is 2.25.